The minimum atomic E-state index is -0.00926. The second kappa shape index (κ2) is 19.0. The average molecular weight is 266 g/mol. The summed E-state index contributed by atoms with van der Waals surface area (Å²) in [4.78, 5) is 0. The second-order valence-corrected chi connectivity index (χ2v) is 4.02. The topological polar surface area (TPSA) is 208 Å². The molecule has 18 heavy (non-hydrogen) atoms. The summed E-state index contributed by atoms with van der Waals surface area (Å²) in [7, 11) is 0. The van der Waals surface area contributed by atoms with Crippen molar-refractivity contribution in [2.24, 2.45) is 45.9 Å². The van der Waals surface area contributed by atoms with Crippen LogP contribution in [0, 0.1) is 0 Å². The predicted molar refractivity (Wildman–Crippen MR) is 79.5 cm³/mol. The van der Waals surface area contributed by atoms with Crippen LogP contribution >= 0.6 is 0 Å². The van der Waals surface area contributed by atoms with E-state index in [0.29, 0.717) is 32.7 Å². The van der Waals surface area contributed by atoms with Crippen LogP contribution in [0.2, 0.25) is 0 Å². The predicted octanol–water partition coefficient (Wildman–Crippen LogP) is -3.86. The van der Waals surface area contributed by atoms with Gasteiger partial charge in [-0.15, -0.1) is 0 Å². The Balaban J connectivity index is -0.000000187. The van der Waals surface area contributed by atoms with E-state index in [-0.39, 0.29) is 18.1 Å². The molecule has 1 unspecified atom stereocenters. The first-order chi connectivity index (χ1) is 8.39. The SMILES string of the molecule is CC(N)CCN.NCC(N)CN.NCC(N)CN. The highest BCUT2D eigenvalue weighted by Crippen LogP contribution is 1.77. The minimum absolute atomic E-state index is 0.00926. The Kier molecular flexibility index (Phi) is 24.1. The normalized spacial score (nSPS) is 11.5. The van der Waals surface area contributed by atoms with Crippen LogP contribution < -0.4 is 45.9 Å². The van der Waals surface area contributed by atoms with Gasteiger partial charge in [0.15, 0.2) is 0 Å². The van der Waals surface area contributed by atoms with Gasteiger partial charge in [0.1, 0.15) is 0 Å². The summed E-state index contributed by atoms with van der Waals surface area (Å²) >= 11 is 0. The third kappa shape index (κ3) is 29.6. The molecule has 0 aromatic heterocycles. The number of rotatable bonds is 6. The zero-order valence-corrected chi connectivity index (χ0v) is 11.6. The standard InChI is InChI=1S/C4H12N2.2C3H11N3/c1-4(6)2-3-5;2*4-1-3(6)2-5/h4H,2-3,5-6H2,1H3;2*3H,1-2,4-6H2. The molecule has 0 radical (unpaired) electrons. The van der Waals surface area contributed by atoms with E-state index in [2.05, 4.69) is 0 Å². The van der Waals surface area contributed by atoms with Crippen molar-refractivity contribution in [3.63, 3.8) is 0 Å². The second-order valence-electron chi connectivity index (χ2n) is 4.02. The molecule has 16 N–H and O–H groups in total. The highest BCUT2D eigenvalue weighted by atomic mass is 14.8. The Morgan fingerprint density at radius 2 is 0.944 bits per heavy atom. The number of nitrogens with two attached hydrogens (primary N) is 8. The average Bonchev–Trinajstić information content (AvgIpc) is 2.38. The zero-order valence-electron chi connectivity index (χ0n) is 11.6. The molecule has 0 aromatic rings. The molecule has 0 amide bonds. The first-order valence-corrected chi connectivity index (χ1v) is 6.16. The third-order valence-corrected chi connectivity index (χ3v) is 1.83. The molecule has 0 saturated heterocycles. The fraction of sp³-hybridized carbons (Fsp3) is 1.00. The minimum Gasteiger partial charge on any atom is -0.330 e. The van der Waals surface area contributed by atoms with E-state index < -0.39 is 0 Å². The molecule has 0 bridgehead atoms. The van der Waals surface area contributed by atoms with Gasteiger partial charge in [0.2, 0.25) is 0 Å². The molecule has 0 aromatic carbocycles. The molecule has 8 heteroatoms. The lowest BCUT2D eigenvalue weighted by atomic mass is 10.3. The Bertz CT molecular complexity index is 115. The van der Waals surface area contributed by atoms with E-state index in [1.807, 2.05) is 6.92 Å². The van der Waals surface area contributed by atoms with Crippen LogP contribution in [0.5, 0.6) is 0 Å². The largest absolute Gasteiger partial charge is 0.330 e. The van der Waals surface area contributed by atoms with E-state index in [9.17, 15) is 0 Å². The molecular weight excluding hydrogens is 232 g/mol. The maximum atomic E-state index is 5.32. The third-order valence-electron chi connectivity index (χ3n) is 1.83. The van der Waals surface area contributed by atoms with Crippen LogP contribution in [0.15, 0.2) is 0 Å². The van der Waals surface area contributed by atoms with Gasteiger partial charge in [-0.25, -0.2) is 0 Å². The summed E-state index contributed by atoms with van der Waals surface area (Å²) in [5.74, 6) is 0. The van der Waals surface area contributed by atoms with Gasteiger partial charge in [-0.3, -0.25) is 0 Å². The fourth-order valence-electron chi connectivity index (χ4n) is 0.455. The zero-order chi connectivity index (χ0) is 15.0. The van der Waals surface area contributed by atoms with Crippen molar-refractivity contribution in [2.45, 2.75) is 31.5 Å². The summed E-state index contributed by atoms with van der Waals surface area (Å²) in [5, 5.41) is 0. The Hall–Kier alpha value is -0.320. The number of hydrogen-bond donors (Lipinski definition) is 8. The first kappa shape index (κ1) is 22.8. The van der Waals surface area contributed by atoms with Gasteiger partial charge in [-0.1, -0.05) is 0 Å². The monoisotopic (exact) mass is 266 g/mol. The van der Waals surface area contributed by atoms with Gasteiger partial charge < -0.3 is 45.9 Å². The van der Waals surface area contributed by atoms with Crippen molar-refractivity contribution in [1.82, 2.24) is 0 Å². The van der Waals surface area contributed by atoms with Crippen molar-refractivity contribution in [1.29, 1.82) is 0 Å². The summed E-state index contributed by atoms with van der Waals surface area (Å²) in [6.07, 6.45) is 0.931. The maximum absolute atomic E-state index is 5.32. The van der Waals surface area contributed by atoms with Gasteiger partial charge in [0.05, 0.1) is 0 Å². The summed E-state index contributed by atoms with van der Waals surface area (Å²) in [5.41, 5.74) is 41.2. The molecule has 114 valence electrons. The van der Waals surface area contributed by atoms with Crippen LogP contribution in [-0.4, -0.2) is 50.8 Å². The molecule has 8 nitrogen and oxygen atoms in total. The van der Waals surface area contributed by atoms with Gasteiger partial charge in [0.25, 0.3) is 0 Å². The lowest BCUT2D eigenvalue weighted by molar-refractivity contribution is 0.676. The van der Waals surface area contributed by atoms with Crippen LogP contribution in [-0.2, 0) is 0 Å². The Morgan fingerprint density at radius 1 is 0.667 bits per heavy atom. The first-order valence-electron chi connectivity index (χ1n) is 6.16. The quantitative estimate of drug-likeness (QED) is 0.238. The van der Waals surface area contributed by atoms with Gasteiger partial charge >= 0.3 is 0 Å². The van der Waals surface area contributed by atoms with E-state index >= 15 is 0 Å². The van der Waals surface area contributed by atoms with Gasteiger partial charge in [0, 0.05) is 44.3 Å². The van der Waals surface area contributed by atoms with E-state index in [4.69, 9.17) is 45.9 Å². The molecule has 0 fully saturated rings. The van der Waals surface area contributed by atoms with E-state index in [1.165, 1.54) is 0 Å². The van der Waals surface area contributed by atoms with Crippen molar-refractivity contribution in [3.05, 3.63) is 0 Å². The molecule has 0 saturated carbocycles. The Morgan fingerprint density at radius 3 is 0.944 bits per heavy atom. The lowest BCUT2D eigenvalue weighted by Crippen LogP contribution is -2.36. The summed E-state index contributed by atoms with van der Waals surface area (Å²) < 4.78 is 0. The molecule has 0 aliphatic carbocycles. The lowest BCUT2D eigenvalue weighted by Gasteiger charge is -1.99. The number of hydrogen-bond acceptors (Lipinski definition) is 8. The molecule has 0 rings (SSSR count). The highest BCUT2D eigenvalue weighted by Gasteiger charge is 1.89. The van der Waals surface area contributed by atoms with Crippen molar-refractivity contribution in [2.75, 3.05) is 32.7 Å². The highest BCUT2D eigenvalue weighted by molar-refractivity contribution is 4.59. The summed E-state index contributed by atoms with van der Waals surface area (Å²) in [6.45, 7) is 4.59. The Labute approximate surface area is 111 Å². The van der Waals surface area contributed by atoms with E-state index in [1.54, 1.807) is 0 Å². The van der Waals surface area contributed by atoms with Gasteiger partial charge in [-0.2, -0.15) is 0 Å². The molecule has 0 aliphatic heterocycles. The maximum Gasteiger partial charge on any atom is 0.0287 e. The van der Waals surface area contributed by atoms with Crippen molar-refractivity contribution in [3.8, 4) is 0 Å². The fourth-order valence-corrected chi connectivity index (χ4v) is 0.455. The van der Waals surface area contributed by atoms with Gasteiger partial charge in [-0.05, 0) is 19.9 Å². The molecular formula is C10H34N8. The van der Waals surface area contributed by atoms with Crippen LogP contribution in [0.4, 0.5) is 0 Å². The van der Waals surface area contributed by atoms with Crippen LogP contribution in [0.3, 0.4) is 0 Å². The molecule has 0 spiro atoms. The van der Waals surface area contributed by atoms with Crippen molar-refractivity contribution < 1.29 is 0 Å². The van der Waals surface area contributed by atoms with E-state index in [0.717, 1.165) is 6.42 Å². The van der Waals surface area contributed by atoms with Crippen LogP contribution in [0.1, 0.15) is 13.3 Å². The molecule has 0 aliphatic rings. The van der Waals surface area contributed by atoms with Crippen molar-refractivity contribution >= 4 is 0 Å². The molecule has 1 atom stereocenters. The smallest absolute Gasteiger partial charge is 0.0287 e. The van der Waals surface area contributed by atoms with Crippen LogP contribution in [0.25, 0.3) is 0 Å². The summed E-state index contributed by atoms with van der Waals surface area (Å²) in [6, 6.07) is 0.255. The molecule has 0 heterocycles.